The first-order valence-corrected chi connectivity index (χ1v) is 7.82. The Morgan fingerprint density at radius 2 is 2.16 bits per heavy atom. The number of fused-ring (bicyclic) bond motifs is 1. The van der Waals surface area contributed by atoms with Gasteiger partial charge in [-0.1, -0.05) is 15.9 Å². The van der Waals surface area contributed by atoms with Crippen molar-refractivity contribution in [2.45, 2.75) is 31.9 Å². The number of nitrogens with one attached hydrogen (secondary N) is 1. The molecule has 104 valence electrons. The van der Waals surface area contributed by atoms with Gasteiger partial charge in [-0.05, 0) is 55.1 Å². The first-order valence-electron chi connectivity index (χ1n) is 7.03. The highest BCUT2D eigenvalue weighted by Gasteiger charge is 2.26. The molecule has 0 bridgehead atoms. The molecule has 2 aliphatic rings. The highest BCUT2D eigenvalue weighted by Crippen LogP contribution is 2.35. The van der Waals surface area contributed by atoms with E-state index in [9.17, 15) is 4.39 Å². The molecule has 0 aliphatic carbocycles. The number of halogens is 2. The smallest absolute Gasteiger partial charge is 0.125 e. The number of piperidine rings is 1. The second-order valence-electron chi connectivity index (χ2n) is 5.46. The van der Waals surface area contributed by atoms with Gasteiger partial charge in [0.1, 0.15) is 11.9 Å². The van der Waals surface area contributed by atoms with Crippen molar-refractivity contribution in [1.29, 1.82) is 0 Å². The summed E-state index contributed by atoms with van der Waals surface area (Å²) in [5.74, 6) is 1.12. The molecule has 0 amide bonds. The lowest BCUT2D eigenvalue weighted by Gasteiger charge is -2.26. The molecular weight excluding hydrogens is 309 g/mol. The van der Waals surface area contributed by atoms with Crippen LogP contribution in [0.1, 0.15) is 24.0 Å². The summed E-state index contributed by atoms with van der Waals surface area (Å²) < 4.78 is 21.2. The van der Waals surface area contributed by atoms with E-state index in [-0.39, 0.29) is 5.92 Å². The quantitative estimate of drug-likeness (QED) is 0.920. The van der Waals surface area contributed by atoms with Crippen LogP contribution in [0.25, 0.3) is 0 Å². The van der Waals surface area contributed by atoms with E-state index in [4.69, 9.17) is 4.74 Å². The largest absolute Gasteiger partial charge is 0.493 e. The Bertz CT molecular complexity index is 460. The second-order valence-corrected chi connectivity index (χ2v) is 6.37. The Labute approximate surface area is 121 Å². The van der Waals surface area contributed by atoms with Crippen LogP contribution in [0.5, 0.6) is 5.75 Å². The van der Waals surface area contributed by atoms with Gasteiger partial charge >= 0.3 is 0 Å². The van der Waals surface area contributed by atoms with Crippen molar-refractivity contribution in [3.8, 4) is 5.75 Å². The molecule has 1 saturated heterocycles. The molecule has 2 aliphatic heterocycles. The summed E-state index contributed by atoms with van der Waals surface area (Å²) in [6.45, 7) is 2.61. The molecule has 2 nitrogen and oxygen atoms in total. The van der Waals surface area contributed by atoms with Crippen molar-refractivity contribution < 1.29 is 9.13 Å². The zero-order valence-electron chi connectivity index (χ0n) is 10.9. The molecule has 19 heavy (non-hydrogen) atoms. The maximum Gasteiger partial charge on any atom is 0.125 e. The minimum Gasteiger partial charge on any atom is -0.493 e. The van der Waals surface area contributed by atoms with Crippen molar-refractivity contribution >= 4 is 15.9 Å². The van der Waals surface area contributed by atoms with Crippen LogP contribution in [0.15, 0.2) is 16.6 Å². The Balaban J connectivity index is 1.75. The molecule has 1 aromatic rings. The average Bonchev–Trinajstić information content (AvgIpc) is 2.88. The SMILES string of the molecule is FC(Cc1cc(Br)cc2c1OCC2)C1CCNCC1. The molecule has 4 heteroatoms. The normalized spacial score (nSPS) is 20.9. The second kappa shape index (κ2) is 5.80. The Hall–Kier alpha value is -0.610. The molecule has 1 atom stereocenters. The number of hydrogen-bond acceptors (Lipinski definition) is 2. The highest BCUT2D eigenvalue weighted by molar-refractivity contribution is 9.10. The van der Waals surface area contributed by atoms with Gasteiger partial charge in [-0.3, -0.25) is 0 Å². The minimum absolute atomic E-state index is 0.192. The highest BCUT2D eigenvalue weighted by atomic mass is 79.9. The van der Waals surface area contributed by atoms with Gasteiger partial charge in [0.25, 0.3) is 0 Å². The summed E-state index contributed by atoms with van der Waals surface area (Å²) in [5, 5.41) is 3.29. The van der Waals surface area contributed by atoms with E-state index < -0.39 is 6.17 Å². The summed E-state index contributed by atoms with van der Waals surface area (Å²) in [5.41, 5.74) is 2.23. The van der Waals surface area contributed by atoms with E-state index in [1.165, 1.54) is 5.56 Å². The third kappa shape index (κ3) is 2.95. The van der Waals surface area contributed by atoms with E-state index >= 15 is 0 Å². The molecule has 1 aromatic carbocycles. The molecule has 0 spiro atoms. The summed E-state index contributed by atoms with van der Waals surface area (Å²) in [6.07, 6.45) is 2.54. The first-order chi connectivity index (χ1) is 9.24. The van der Waals surface area contributed by atoms with Crippen LogP contribution >= 0.6 is 15.9 Å². The van der Waals surface area contributed by atoms with Gasteiger partial charge in [0.05, 0.1) is 6.61 Å². The van der Waals surface area contributed by atoms with Crippen LogP contribution in [0, 0.1) is 5.92 Å². The molecule has 0 radical (unpaired) electrons. The lowest BCUT2D eigenvalue weighted by molar-refractivity contribution is 0.186. The standard InChI is InChI=1S/C15H19BrFNO/c16-13-7-11-3-6-19-15(11)12(8-13)9-14(17)10-1-4-18-5-2-10/h7-8,10,14,18H,1-6,9H2. The van der Waals surface area contributed by atoms with Crippen molar-refractivity contribution in [3.05, 3.63) is 27.7 Å². The predicted molar refractivity (Wildman–Crippen MR) is 77.5 cm³/mol. The van der Waals surface area contributed by atoms with Crippen LogP contribution in [0.3, 0.4) is 0 Å². The molecule has 0 saturated carbocycles. The number of rotatable bonds is 3. The maximum atomic E-state index is 14.5. The van der Waals surface area contributed by atoms with Gasteiger partial charge in [0, 0.05) is 17.3 Å². The van der Waals surface area contributed by atoms with Crippen LogP contribution < -0.4 is 10.1 Å². The van der Waals surface area contributed by atoms with E-state index in [1.54, 1.807) is 0 Å². The van der Waals surface area contributed by atoms with E-state index in [1.807, 2.05) is 6.07 Å². The molecule has 1 fully saturated rings. The van der Waals surface area contributed by atoms with Crippen molar-refractivity contribution in [2.75, 3.05) is 19.7 Å². The van der Waals surface area contributed by atoms with Gasteiger partial charge in [0.15, 0.2) is 0 Å². The van der Waals surface area contributed by atoms with Crippen LogP contribution in [-0.2, 0) is 12.8 Å². The van der Waals surface area contributed by atoms with Gasteiger partial charge in [-0.15, -0.1) is 0 Å². The van der Waals surface area contributed by atoms with Gasteiger partial charge in [0.2, 0.25) is 0 Å². The number of hydrogen-bond donors (Lipinski definition) is 1. The fourth-order valence-electron chi connectivity index (χ4n) is 3.08. The summed E-state index contributed by atoms with van der Waals surface area (Å²) in [7, 11) is 0. The summed E-state index contributed by atoms with van der Waals surface area (Å²) in [4.78, 5) is 0. The predicted octanol–water partition coefficient (Wildman–Crippen LogP) is 3.26. The summed E-state index contributed by atoms with van der Waals surface area (Å²) in [6, 6.07) is 4.10. The van der Waals surface area contributed by atoms with Gasteiger partial charge in [-0.25, -0.2) is 4.39 Å². The molecule has 1 N–H and O–H groups in total. The van der Waals surface area contributed by atoms with Crippen molar-refractivity contribution in [3.63, 3.8) is 0 Å². The fourth-order valence-corrected chi connectivity index (χ4v) is 3.63. The Morgan fingerprint density at radius 3 is 2.95 bits per heavy atom. The Morgan fingerprint density at radius 1 is 1.37 bits per heavy atom. The third-order valence-electron chi connectivity index (χ3n) is 4.14. The van der Waals surface area contributed by atoms with E-state index in [0.717, 1.165) is 54.7 Å². The zero-order valence-corrected chi connectivity index (χ0v) is 12.5. The zero-order chi connectivity index (χ0) is 13.2. The number of benzene rings is 1. The van der Waals surface area contributed by atoms with Crippen molar-refractivity contribution in [1.82, 2.24) is 5.32 Å². The molecule has 1 unspecified atom stereocenters. The third-order valence-corrected chi connectivity index (χ3v) is 4.59. The molecule has 2 heterocycles. The monoisotopic (exact) mass is 327 g/mol. The molecule has 3 rings (SSSR count). The number of ether oxygens (including phenoxy) is 1. The van der Waals surface area contributed by atoms with E-state index in [2.05, 4.69) is 27.3 Å². The van der Waals surface area contributed by atoms with Crippen LogP contribution in [0.2, 0.25) is 0 Å². The fraction of sp³-hybridized carbons (Fsp3) is 0.600. The maximum absolute atomic E-state index is 14.5. The van der Waals surface area contributed by atoms with Gasteiger partial charge < -0.3 is 10.1 Å². The lowest BCUT2D eigenvalue weighted by atomic mass is 9.89. The van der Waals surface area contributed by atoms with Crippen LogP contribution in [0.4, 0.5) is 4.39 Å². The van der Waals surface area contributed by atoms with Crippen molar-refractivity contribution in [2.24, 2.45) is 5.92 Å². The topological polar surface area (TPSA) is 21.3 Å². The first kappa shape index (κ1) is 13.4. The minimum atomic E-state index is -0.760. The van der Waals surface area contributed by atoms with Gasteiger partial charge in [-0.2, -0.15) is 0 Å². The number of alkyl halides is 1. The molecule has 0 aromatic heterocycles. The van der Waals surface area contributed by atoms with E-state index in [0.29, 0.717) is 6.42 Å². The summed E-state index contributed by atoms with van der Waals surface area (Å²) >= 11 is 3.51. The average molecular weight is 328 g/mol. The lowest BCUT2D eigenvalue weighted by Crippen LogP contribution is -2.33. The molecular formula is C15H19BrFNO. The van der Waals surface area contributed by atoms with Crippen LogP contribution in [-0.4, -0.2) is 25.9 Å². The Kier molecular flexibility index (Phi) is 4.08.